The van der Waals surface area contributed by atoms with E-state index in [1.54, 1.807) is 0 Å². The van der Waals surface area contributed by atoms with Gasteiger partial charge in [-0.3, -0.25) is 4.79 Å². The Morgan fingerprint density at radius 3 is 2.82 bits per heavy atom. The highest BCUT2D eigenvalue weighted by Crippen LogP contribution is 2.29. The van der Waals surface area contributed by atoms with E-state index in [1.165, 1.54) is 24.0 Å². The van der Waals surface area contributed by atoms with Gasteiger partial charge in [-0.25, -0.2) is 0 Å². The minimum atomic E-state index is 0.0505. The van der Waals surface area contributed by atoms with Crippen molar-refractivity contribution in [2.45, 2.75) is 39.5 Å². The summed E-state index contributed by atoms with van der Waals surface area (Å²) in [6.45, 7) is 4.02. The number of fused-ring (bicyclic) bond motifs is 1. The van der Waals surface area contributed by atoms with Crippen LogP contribution < -0.4 is 4.74 Å². The molecule has 0 amide bonds. The van der Waals surface area contributed by atoms with Crippen molar-refractivity contribution in [3.8, 4) is 5.75 Å². The van der Waals surface area contributed by atoms with Gasteiger partial charge in [0, 0.05) is 5.92 Å². The maximum absolute atomic E-state index is 11.6. The van der Waals surface area contributed by atoms with Gasteiger partial charge in [0.15, 0.2) is 5.78 Å². The van der Waals surface area contributed by atoms with Crippen molar-refractivity contribution in [2.75, 3.05) is 6.61 Å². The molecule has 2 heteroatoms. The lowest BCUT2D eigenvalue weighted by Gasteiger charge is -2.19. The molecule has 1 aromatic carbocycles. The van der Waals surface area contributed by atoms with Gasteiger partial charge < -0.3 is 4.74 Å². The zero-order valence-electron chi connectivity index (χ0n) is 10.7. The smallest absolute Gasteiger partial charge is 0.172 e. The molecular formula is C15H20O2. The van der Waals surface area contributed by atoms with E-state index in [-0.39, 0.29) is 18.3 Å². The maximum atomic E-state index is 11.6. The largest absolute Gasteiger partial charge is 0.486 e. The number of hydrogen-bond acceptors (Lipinski definition) is 2. The highest BCUT2D eigenvalue weighted by atomic mass is 16.5. The zero-order valence-corrected chi connectivity index (χ0v) is 10.7. The summed E-state index contributed by atoms with van der Waals surface area (Å²) in [6.07, 6.45) is 4.72. The third-order valence-electron chi connectivity index (χ3n) is 3.37. The highest BCUT2D eigenvalue weighted by molar-refractivity contribution is 5.81. The van der Waals surface area contributed by atoms with Crippen LogP contribution in [0.25, 0.3) is 0 Å². The van der Waals surface area contributed by atoms with Gasteiger partial charge in [-0.15, -0.1) is 0 Å². The number of aryl methyl sites for hydroxylation is 1. The molecule has 2 rings (SSSR count). The molecule has 0 atom stereocenters. The van der Waals surface area contributed by atoms with Crippen molar-refractivity contribution in [1.29, 1.82) is 0 Å². The average Bonchev–Trinajstić information content (AvgIpc) is 2.35. The van der Waals surface area contributed by atoms with Crippen LogP contribution in [0.15, 0.2) is 18.2 Å². The lowest BCUT2D eigenvalue weighted by atomic mass is 9.91. The number of rotatable bonds is 4. The minimum Gasteiger partial charge on any atom is -0.486 e. The standard InChI is InChI=1S/C15H20O2/c1-11(2)14(16)10-17-15-9-5-7-12-6-3-4-8-13(12)15/h5,7,9,11H,3-4,6,8,10H2,1-2H3. The molecule has 0 radical (unpaired) electrons. The average molecular weight is 232 g/mol. The number of benzene rings is 1. The third-order valence-corrected chi connectivity index (χ3v) is 3.37. The van der Waals surface area contributed by atoms with Gasteiger partial charge in [0.1, 0.15) is 12.4 Å². The molecule has 0 N–H and O–H groups in total. The SMILES string of the molecule is CC(C)C(=O)COc1cccc2c1CCCC2. The Kier molecular flexibility index (Phi) is 3.82. The molecule has 92 valence electrons. The number of carbonyl (C=O) groups is 1. The van der Waals surface area contributed by atoms with E-state index in [2.05, 4.69) is 6.07 Å². The Hall–Kier alpha value is -1.31. The molecule has 1 aliphatic carbocycles. The summed E-state index contributed by atoms with van der Waals surface area (Å²) < 4.78 is 5.68. The van der Waals surface area contributed by atoms with Crippen LogP contribution in [-0.4, -0.2) is 12.4 Å². The molecule has 1 aromatic rings. The van der Waals surface area contributed by atoms with Crippen molar-refractivity contribution in [3.05, 3.63) is 29.3 Å². The van der Waals surface area contributed by atoms with Crippen LogP contribution in [0.1, 0.15) is 37.8 Å². The molecule has 1 aliphatic rings. The quantitative estimate of drug-likeness (QED) is 0.797. The Bertz CT molecular complexity index is 407. The fraction of sp³-hybridized carbons (Fsp3) is 0.533. The predicted octanol–water partition coefficient (Wildman–Crippen LogP) is 3.17. The Balaban J connectivity index is 2.08. The molecule has 0 fully saturated rings. The molecule has 0 saturated carbocycles. The summed E-state index contributed by atoms with van der Waals surface area (Å²) in [5.74, 6) is 1.13. The zero-order chi connectivity index (χ0) is 12.3. The Morgan fingerprint density at radius 1 is 1.29 bits per heavy atom. The molecule has 0 aliphatic heterocycles. The molecule has 0 heterocycles. The van der Waals surface area contributed by atoms with Gasteiger partial charge in [-0.1, -0.05) is 26.0 Å². The molecule has 0 unspecified atom stereocenters. The first-order valence-corrected chi connectivity index (χ1v) is 6.44. The first kappa shape index (κ1) is 12.2. The van der Waals surface area contributed by atoms with Gasteiger partial charge in [0.25, 0.3) is 0 Å². The minimum absolute atomic E-state index is 0.0505. The molecule has 0 bridgehead atoms. The number of ether oxygens (including phenoxy) is 1. The van der Waals surface area contributed by atoms with Crippen molar-refractivity contribution < 1.29 is 9.53 Å². The lowest BCUT2D eigenvalue weighted by Crippen LogP contribution is -2.18. The number of hydrogen-bond donors (Lipinski definition) is 0. The maximum Gasteiger partial charge on any atom is 0.172 e. The monoisotopic (exact) mass is 232 g/mol. The first-order valence-electron chi connectivity index (χ1n) is 6.44. The third kappa shape index (κ3) is 2.87. The van der Waals surface area contributed by atoms with Crippen molar-refractivity contribution in [2.24, 2.45) is 5.92 Å². The molecular weight excluding hydrogens is 212 g/mol. The van der Waals surface area contributed by atoms with Crippen LogP contribution >= 0.6 is 0 Å². The lowest BCUT2D eigenvalue weighted by molar-refractivity contribution is -0.123. The van der Waals surface area contributed by atoms with E-state index in [0.29, 0.717) is 0 Å². The van der Waals surface area contributed by atoms with Crippen LogP contribution in [-0.2, 0) is 17.6 Å². The summed E-state index contributed by atoms with van der Waals surface area (Å²) in [7, 11) is 0. The first-order chi connectivity index (χ1) is 8.18. The van der Waals surface area contributed by atoms with Crippen molar-refractivity contribution in [1.82, 2.24) is 0 Å². The summed E-state index contributed by atoms with van der Waals surface area (Å²) in [5, 5.41) is 0. The van der Waals surface area contributed by atoms with Crippen molar-refractivity contribution >= 4 is 5.78 Å². The van der Waals surface area contributed by atoms with Gasteiger partial charge in [0.05, 0.1) is 0 Å². The number of carbonyl (C=O) groups excluding carboxylic acids is 1. The molecule has 0 saturated heterocycles. The summed E-state index contributed by atoms with van der Waals surface area (Å²) >= 11 is 0. The second-order valence-corrected chi connectivity index (χ2v) is 5.01. The Morgan fingerprint density at radius 2 is 2.06 bits per heavy atom. The van der Waals surface area contributed by atoms with Crippen LogP contribution in [0.2, 0.25) is 0 Å². The second-order valence-electron chi connectivity index (χ2n) is 5.01. The Labute approximate surface area is 103 Å². The van der Waals surface area contributed by atoms with Crippen molar-refractivity contribution in [3.63, 3.8) is 0 Å². The predicted molar refractivity (Wildman–Crippen MR) is 68.4 cm³/mol. The van der Waals surface area contributed by atoms with E-state index in [1.807, 2.05) is 26.0 Å². The fourth-order valence-corrected chi connectivity index (χ4v) is 2.20. The molecule has 17 heavy (non-hydrogen) atoms. The molecule has 2 nitrogen and oxygen atoms in total. The molecule has 0 aromatic heterocycles. The molecule has 0 spiro atoms. The number of ketones is 1. The second kappa shape index (κ2) is 5.35. The van der Waals surface area contributed by atoms with Crippen LogP contribution in [0, 0.1) is 5.92 Å². The normalized spacial score (nSPS) is 14.5. The van der Waals surface area contributed by atoms with Crippen LogP contribution in [0.5, 0.6) is 5.75 Å². The summed E-state index contributed by atoms with van der Waals surface area (Å²) in [6, 6.07) is 6.18. The number of Topliss-reactive ketones (excluding diaryl/α,β-unsaturated/α-hetero) is 1. The van der Waals surface area contributed by atoms with Crippen LogP contribution in [0.4, 0.5) is 0 Å². The van der Waals surface area contributed by atoms with Gasteiger partial charge in [-0.05, 0) is 42.9 Å². The van der Waals surface area contributed by atoms with Gasteiger partial charge in [-0.2, -0.15) is 0 Å². The highest BCUT2D eigenvalue weighted by Gasteiger charge is 2.15. The van der Waals surface area contributed by atoms with Gasteiger partial charge in [0.2, 0.25) is 0 Å². The topological polar surface area (TPSA) is 26.3 Å². The van der Waals surface area contributed by atoms with E-state index in [0.717, 1.165) is 18.6 Å². The van der Waals surface area contributed by atoms with E-state index >= 15 is 0 Å². The van der Waals surface area contributed by atoms with Crippen LogP contribution in [0.3, 0.4) is 0 Å². The van der Waals surface area contributed by atoms with E-state index in [4.69, 9.17) is 4.74 Å². The summed E-state index contributed by atoms with van der Waals surface area (Å²) in [4.78, 5) is 11.6. The van der Waals surface area contributed by atoms with E-state index < -0.39 is 0 Å². The fourth-order valence-electron chi connectivity index (χ4n) is 2.20. The van der Waals surface area contributed by atoms with Gasteiger partial charge >= 0.3 is 0 Å². The van der Waals surface area contributed by atoms with E-state index in [9.17, 15) is 4.79 Å². The summed E-state index contributed by atoms with van der Waals surface area (Å²) in [5.41, 5.74) is 2.71.